The molecule has 0 aromatic rings. The number of nitrogens with zero attached hydrogens (tertiary/aromatic N) is 2. The molecule has 3 aliphatic heterocycles. The van der Waals surface area contributed by atoms with E-state index in [1.807, 2.05) is 0 Å². The fourth-order valence-corrected chi connectivity index (χ4v) is 5.78. The van der Waals surface area contributed by atoms with Crippen molar-refractivity contribution < 1.29 is 8.42 Å². The lowest BCUT2D eigenvalue weighted by molar-refractivity contribution is 0.222. The zero-order chi connectivity index (χ0) is 14.7. The zero-order valence-electron chi connectivity index (χ0n) is 13.4. The van der Waals surface area contributed by atoms with E-state index in [0.29, 0.717) is 38.1 Å². The minimum atomic E-state index is -3.21. The molecule has 0 aromatic heterocycles. The highest BCUT2D eigenvalue weighted by Crippen LogP contribution is 2.28. The van der Waals surface area contributed by atoms with Crippen LogP contribution in [-0.2, 0) is 10.2 Å². The maximum atomic E-state index is 12.8. The highest BCUT2D eigenvalue weighted by Gasteiger charge is 2.35. The van der Waals surface area contributed by atoms with Gasteiger partial charge in [0.1, 0.15) is 0 Å². The average Bonchev–Trinajstić information content (AvgIpc) is 2.89. The van der Waals surface area contributed by atoms with Crippen LogP contribution in [0.5, 0.6) is 0 Å². The Morgan fingerprint density at radius 2 is 1.36 bits per heavy atom. The van der Waals surface area contributed by atoms with Crippen LogP contribution in [0.4, 0.5) is 0 Å². The smallest absolute Gasteiger partial charge is 0.281 e. The Balaban J connectivity index is 0.00000176. The molecule has 3 fully saturated rings. The fraction of sp³-hybridized carbons (Fsp3) is 1.00. The van der Waals surface area contributed by atoms with Gasteiger partial charge in [0.25, 0.3) is 10.2 Å². The molecule has 0 bridgehead atoms. The van der Waals surface area contributed by atoms with Crippen molar-refractivity contribution in [1.82, 2.24) is 13.9 Å². The minimum Gasteiger partial charge on any atom is -0.314 e. The Morgan fingerprint density at radius 3 is 1.91 bits per heavy atom. The van der Waals surface area contributed by atoms with Gasteiger partial charge in [-0.3, -0.25) is 0 Å². The van der Waals surface area contributed by atoms with Gasteiger partial charge >= 0.3 is 0 Å². The quantitative estimate of drug-likeness (QED) is 0.846. The molecule has 1 atom stereocenters. The number of halogens is 1. The lowest BCUT2D eigenvalue weighted by Crippen LogP contribution is -2.49. The summed E-state index contributed by atoms with van der Waals surface area (Å²) in [6.45, 7) is 3.99. The molecule has 0 spiro atoms. The maximum absolute atomic E-state index is 12.8. The van der Waals surface area contributed by atoms with E-state index in [1.54, 1.807) is 8.61 Å². The summed E-state index contributed by atoms with van der Waals surface area (Å²) in [6.07, 6.45) is 8.95. The molecule has 3 saturated heterocycles. The van der Waals surface area contributed by atoms with Crippen molar-refractivity contribution in [3.8, 4) is 0 Å². The summed E-state index contributed by atoms with van der Waals surface area (Å²) in [6, 6.07) is 0.632. The Bertz CT molecular complexity index is 424. The summed E-state index contributed by atoms with van der Waals surface area (Å²) >= 11 is 0. The molecule has 3 heterocycles. The van der Waals surface area contributed by atoms with Gasteiger partial charge in [-0.2, -0.15) is 17.0 Å². The van der Waals surface area contributed by atoms with Crippen LogP contribution in [0.3, 0.4) is 0 Å². The van der Waals surface area contributed by atoms with E-state index in [0.717, 1.165) is 32.2 Å². The molecule has 3 aliphatic rings. The van der Waals surface area contributed by atoms with Crippen molar-refractivity contribution in [2.45, 2.75) is 57.4 Å². The molecule has 5 nitrogen and oxygen atoms in total. The summed E-state index contributed by atoms with van der Waals surface area (Å²) < 4.78 is 29.0. The summed E-state index contributed by atoms with van der Waals surface area (Å²) in [5.41, 5.74) is 0. The van der Waals surface area contributed by atoms with Crippen LogP contribution in [0.15, 0.2) is 0 Å². The first-order valence-electron chi connectivity index (χ1n) is 8.66. The zero-order valence-corrected chi connectivity index (χ0v) is 15.0. The SMILES string of the molecule is Cl.O=S(=O)(N1CCCCCC1)N1CCC(C2CCCN2)CC1. The second kappa shape index (κ2) is 8.29. The third-order valence-electron chi connectivity index (χ3n) is 5.38. The minimum absolute atomic E-state index is 0. The van der Waals surface area contributed by atoms with Crippen LogP contribution in [0, 0.1) is 5.92 Å². The topological polar surface area (TPSA) is 52.7 Å². The van der Waals surface area contributed by atoms with Crippen molar-refractivity contribution in [2.75, 3.05) is 32.7 Å². The number of hydrogen-bond acceptors (Lipinski definition) is 3. The van der Waals surface area contributed by atoms with E-state index < -0.39 is 10.2 Å². The van der Waals surface area contributed by atoms with E-state index in [1.165, 1.54) is 25.7 Å². The van der Waals surface area contributed by atoms with E-state index >= 15 is 0 Å². The largest absolute Gasteiger partial charge is 0.314 e. The molecule has 3 rings (SSSR count). The van der Waals surface area contributed by atoms with Crippen molar-refractivity contribution in [2.24, 2.45) is 5.92 Å². The number of rotatable bonds is 3. The maximum Gasteiger partial charge on any atom is 0.281 e. The Labute approximate surface area is 141 Å². The molecular weight excluding hydrogens is 322 g/mol. The monoisotopic (exact) mass is 351 g/mol. The lowest BCUT2D eigenvalue weighted by Gasteiger charge is -2.36. The van der Waals surface area contributed by atoms with Crippen molar-refractivity contribution >= 4 is 22.6 Å². The van der Waals surface area contributed by atoms with Crippen LogP contribution in [-0.4, -0.2) is 55.8 Å². The van der Waals surface area contributed by atoms with Crippen LogP contribution in [0.2, 0.25) is 0 Å². The van der Waals surface area contributed by atoms with Gasteiger partial charge in [0.05, 0.1) is 0 Å². The molecular formula is C15H30ClN3O2S. The molecule has 7 heteroatoms. The fourth-order valence-electron chi connectivity index (χ4n) is 4.06. The first-order chi connectivity index (χ1) is 10.2. The summed E-state index contributed by atoms with van der Waals surface area (Å²) in [7, 11) is -3.21. The normalized spacial score (nSPS) is 29.9. The summed E-state index contributed by atoms with van der Waals surface area (Å²) in [5.74, 6) is 0.670. The van der Waals surface area contributed by atoms with Gasteiger partial charge in [-0.1, -0.05) is 12.8 Å². The molecule has 1 unspecified atom stereocenters. The molecule has 0 aromatic carbocycles. The van der Waals surface area contributed by atoms with Gasteiger partial charge in [-0.25, -0.2) is 0 Å². The van der Waals surface area contributed by atoms with Gasteiger partial charge < -0.3 is 5.32 Å². The van der Waals surface area contributed by atoms with E-state index in [9.17, 15) is 8.42 Å². The number of piperidine rings is 1. The average molecular weight is 352 g/mol. The van der Waals surface area contributed by atoms with E-state index in [-0.39, 0.29) is 12.4 Å². The van der Waals surface area contributed by atoms with Gasteiger partial charge in [0, 0.05) is 32.2 Å². The van der Waals surface area contributed by atoms with Crippen LogP contribution < -0.4 is 5.32 Å². The third kappa shape index (κ3) is 4.15. The van der Waals surface area contributed by atoms with Gasteiger partial charge in [-0.15, -0.1) is 12.4 Å². The van der Waals surface area contributed by atoms with Crippen molar-refractivity contribution in [1.29, 1.82) is 0 Å². The molecule has 0 saturated carbocycles. The first kappa shape index (κ1) is 18.5. The standard InChI is InChI=1S/C15H29N3O2S.ClH/c19-21(20,17-10-3-1-2-4-11-17)18-12-7-14(8-13-18)15-6-5-9-16-15;/h14-16H,1-13H2;1H. The van der Waals surface area contributed by atoms with Crippen LogP contribution in [0.25, 0.3) is 0 Å². The van der Waals surface area contributed by atoms with Gasteiger partial charge in [-0.05, 0) is 51.0 Å². The summed E-state index contributed by atoms with van der Waals surface area (Å²) in [5, 5.41) is 3.57. The second-order valence-corrected chi connectivity index (χ2v) is 8.69. The van der Waals surface area contributed by atoms with Gasteiger partial charge in [0.2, 0.25) is 0 Å². The lowest BCUT2D eigenvalue weighted by atomic mass is 9.89. The molecule has 1 N–H and O–H groups in total. The number of nitrogens with one attached hydrogen (secondary N) is 1. The predicted molar refractivity (Wildman–Crippen MR) is 91.5 cm³/mol. The van der Waals surface area contributed by atoms with Gasteiger partial charge in [0.15, 0.2) is 0 Å². The van der Waals surface area contributed by atoms with E-state index in [2.05, 4.69) is 5.32 Å². The predicted octanol–water partition coefficient (Wildman–Crippen LogP) is 1.99. The first-order valence-corrected chi connectivity index (χ1v) is 10.1. The molecule has 130 valence electrons. The molecule has 0 amide bonds. The Morgan fingerprint density at radius 1 is 0.773 bits per heavy atom. The van der Waals surface area contributed by atoms with Crippen molar-refractivity contribution in [3.05, 3.63) is 0 Å². The van der Waals surface area contributed by atoms with E-state index in [4.69, 9.17) is 0 Å². The third-order valence-corrected chi connectivity index (χ3v) is 7.42. The van der Waals surface area contributed by atoms with Crippen LogP contribution >= 0.6 is 12.4 Å². The summed E-state index contributed by atoms with van der Waals surface area (Å²) in [4.78, 5) is 0. The van der Waals surface area contributed by atoms with Crippen LogP contribution in [0.1, 0.15) is 51.4 Å². The second-order valence-electron chi connectivity index (χ2n) is 6.76. The molecule has 22 heavy (non-hydrogen) atoms. The highest BCUT2D eigenvalue weighted by molar-refractivity contribution is 7.86. The molecule has 0 radical (unpaired) electrons. The molecule has 0 aliphatic carbocycles. The van der Waals surface area contributed by atoms with Crippen molar-refractivity contribution in [3.63, 3.8) is 0 Å². The number of hydrogen-bond donors (Lipinski definition) is 1. The highest BCUT2D eigenvalue weighted by atomic mass is 35.5. The Kier molecular flexibility index (Phi) is 6.95. The Hall–Kier alpha value is 0.120.